The first-order valence-corrected chi connectivity index (χ1v) is 7.87. The lowest BCUT2D eigenvalue weighted by Crippen LogP contribution is -2.22. The van der Waals surface area contributed by atoms with Gasteiger partial charge in [-0.25, -0.2) is 14.2 Å². The lowest BCUT2D eigenvalue weighted by atomic mass is 9.96. The first kappa shape index (κ1) is 19.3. The van der Waals surface area contributed by atoms with Crippen molar-refractivity contribution in [2.75, 3.05) is 0 Å². The molecule has 0 aliphatic rings. The van der Waals surface area contributed by atoms with Crippen LogP contribution >= 0.6 is 0 Å². The lowest BCUT2D eigenvalue weighted by Gasteiger charge is -2.14. The van der Waals surface area contributed by atoms with Crippen molar-refractivity contribution in [3.05, 3.63) is 76.1 Å². The van der Waals surface area contributed by atoms with Crippen molar-refractivity contribution >= 4 is 5.97 Å². The largest absolute Gasteiger partial charge is 0.476 e. The van der Waals surface area contributed by atoms with Crippen LogP contribution in [0.2, 0.25) is 0 Å². The van der Waals surface area contributed by atoms with E-state index in [1.807, 2.05) is 0 Å². The number of carbonyl (C=O) groups is 1. The average Bonchev–Trinajstić information content (AvgIpc) is 2.63. The van der Waals surface area contributed by atoms with E-state index < -0.39 is 40.3 Å². The van der Waals surface area contributed by atoms with Gasteiger partial charge in [0.25, 0.3) is 5.56 Å². The van der Waals surface area contributed by atoms with Crippen LogP contribution in [-0.4, -0.2) is 20.6 Å². The van der Waals surface area contributed by atoms with Crippen molar-refractivity contribution in [1.82, 2.24) is 9.55 Å². The van der Waals surface area contributed by atoms with Crippen LogP contribution in [0, 0.1) is 5.82 Å². The molecule has 1 aromatic heterocycles. The maximum absolute atomic E-state index is 14.4. The summed E-state index contributed by atoms with van der Waals surface area (Å²) in [7, 11) is 1.31. The summed E-state index contributed by atoms with van der Waals surface area (Å²) in [5.41, 5.74) is -3.24. The smallest absolute Gasteiger partial charge is 0.417 e. The van der Waals surface area contributed by atoms with E-state index in [2.05, 4.69) is 4.98 Å². The van der Waals surface area contributed by atoms with Crippen LogP contribution in [0.4, 0.5) is 17.6 Å². The average molecular weight is 392 g/mol. The highest BCUT2D eigenvalue weighted by Gasteiger charge is 2.34. The molecule has 0 saturated heterocycles. The second kappa shape index (κ2) is 6.91. The molecule has 0 bridgehead atoms. The van der Waals surface area contributed by atoms with Gasteiger partial charge in [-0.05, 0) is 29.8 Å². The Kier molecular flexibility index (Phi) is 4.76. The summed E-state index contributed by atoms with van der Waals surface area (Å²) >= 11 is 0. The first-order valence-electron chi connectivity index (χ1n) is 7.87. The number of benzene rings is 2. The molecule has 1 heterocycles. The molecule has 5 nitrogen and oxygen atoms in total. The summed E-state index contributed by atoms with van der Waals surface area (Å²) in [6.45, 7) is 0. The molecule has 3 aromatic rings. The Morgan fingerprint density at radius 2 is 1.79 bits per heavy atom. The van der Waals surface area contributed by atoms with E-state index in [-0.39, 0.29) is 16.8 Å². The third-order valence-electron chi connectivity index (χ3n) is 4.05. The van der Waals surface area contributed by atoms with E-state index in [1.54, 1.807) is 0 Å². The molecule has 0 spiro atoms. The summed E-state index contributed by atoms with van der Waals surface area (Å²) < 4.78 is 55.2. The fourth-order valence-electron chi connectivity index (χ4n) is 2.74. The molecule has 9 heteroatoms. The van der Waals surface area contributed by atoms with Crippen LogP contribution in [0.5, 0.6) is 0 Å². The second-order valence-corrected chi connectivity index (χ2v) is 5.93. The Morgan fingerprint density at radius 3 is 2.43 bits per heavy atom. The minimum absolute atomic E-state index is 0.00271. The zero-order chi connectivity index (χ0) is 20.6. The van der Waals surface area contributed by atoms with Gasteiger partial charge in [0.1, 0.15) is 11.5 Å². The SMILES string of the molecule is Cn1cc(C(=O)O)nc(-c2ccc(F)c(-c3ccccc3C(F)(F)F)c2)c1=O. The Bertz CT molecular complexity index is 1140. The van der Waals surface area contributed by atoms with E-state index in [0.29, 0.717) is 0 Å². The predicted molar refractivity (Wildman–Crippen MR) is 92.3 cm³/mol. The summed E-state index contributed by atoms with van der Waals surface area (Å²) in [4.78, 5) is 27.3. The van der Waals surface area contributed by atoms with Crippen LogP contribution in [0.25, 0.3) is 22.4 Å². The maximum Gasteiger partial charge on any atom is 0.417 e. The van der Waals surface area contributed by atoms with Gasteiger partial charge in [0.2, 0.25) is 0 Å². The number of aryl methyl sites for hydroxylation is 1. The number of aromatic nitrogens is 2. The highest BCUT2D eigenvalue weighted by atomic mass is 19.4. The zero-order valence-electron chi connectivity index (χ0n) is 14.3. The molecule has 2 aromatic carbocycles. The molecule has 0 aliphatic carbocycles. The quantitative estimate of drug-likeness (QED) is 0.685. The summed E-state index contributed by atoms with van der Waals surface area (Å²) in [6, 6.07) is 7.57. The number of alkyl halides is 3. The molecule has 0 unspecified atom stereocenters. The highest BCUT2D eigenvalue weighted by Crippen LogP contribution is 2.38. The Morgan fingerprint density at radius 1 is 1.11 bits per heavy atom. The van der Waals surface area contributed by atoms with E-state index >= 15 is 0 Å². The summed E-state index contributed by atoms with van der Waals surface area (Å²) in [6.07, 6.45) is -3.70. The summed E-state index contributed by atoms with van der Waals surface area (Å²) in [5, 5.41) is 9.11. The molecule has 28 heavy (non-hydrogen) atoms. The molecule has 0 fully saturated rings. The van der Waals surface area contributed by atoms with Gasteiger partial charge in [-0.2, -0.15) is 13.2 Å². The van der Waals surface area contributed by atoms with E-state index in [4.69, 9.17) is 5.11 Å². The van der Waals surface area contributed by atoms with E-state index in [9.17, 15) is 27.2 Å². The molecular formula is C19H12F4N2O3. The van der Waals surface area contributed by atoms with Crippen molar-refractivity contribution < 1.29 is 27.5 Å². The van der Waals surface area contributed by atoms with Gasteiger partial charge >= 0.3 is 12.1 Å². The number of hydrogen-bond donors (Lipinski definition) is 1. The minimum Gasteiger partial charge on any atom is -0.476 e. The molecule has 0 amide bonds. The van der Waals surface area contributed by atoms with Gasteiger partial charge < -0.3 is 9.67 Å². The molecule has 0 radical (unpaired) electrons. The number of halogens is 4. The van der Waals surface area contributed by atoms with Crippen LogP contribution in [0.1, 0.15) is 16.1 Å². The number of rotatable bonds is 3. The van der Waals surface area contributed by atoms with Crippen LogP contribution < -0.4 is 5.56 Å². The molecule has 0 aliphatic heterocycles. The zero-order valence-corrected chi connectivity index (χ0v) is 14.3. The standard InChI is InChI=1S/C19H12F4N2O3/c1-25-9-15(18(27)28)24-16(17(25)26)10-6-7-14(20)12(8-10)11-4-2-3-5-13(11)19(21,22)23/h2-9H,1H3,(H,27,28). The molecule has 144 valence electrons. The number of carboxylic acid groups (broad SMARTS) is 1. The van der Waals surface area contributed by atoms with Crippen molar-refractivity contribution in [3.8, 4) is 22.4 Å². The van der Waals surface area contributed by atoms with Crippen LogP contribution in [0.3, 0.4) is 0 Å². The Hall–Kier alpha value is -3.49. The van der Waals surface area contributed by atoms with Crippen molar-refractivity contribution in [1.29, 1.82) is 0 Å². The van der Waals surface area contributed by atoms with Crippen molar-refractivity contribution in [3.63, 3.8) is 0 Å². The minimum atomic E-state index is -4.71. The third kappa shape index (κ3) is 3.51. The summed E-state index contributed by atoms with van der Waals surface area (Å²) in [5.74, 6) is -2.31. The van der Waals surface area contributed by atoms with Gasteiger partial charge in [-0.3, -0.25) is 4.79 Å². The van der Waals surface area contributed by atoms with Crippen LogP contribution in [-0.2, 0) is 13.2 Å². The van der Waals surface area contributed by atoms with Crippen LogP contribution in [0.15, 0.2) is 53.5 Å². The number of nitrogens with zero attached hydrogens (tertiary/aromatic N) is 2. The monoisotopic (exact) mass is 392 g/mol. The topological polar surface area (TPSA) is 72.2 Å². The lowest BCUT2D eigenvalue weighted by molar-refractivity contribution is -0.137. The predicted octanol–water partition coefficient (Wildman–Crippen LogP) is 3.97. The molecular weight excluding hydrogens is 380 g/mol. The van der Waals surface area contributed by atoms with Gasteiger partial charge in [-0.1, -0.05) is 18.2 Å². The Balaban J connectivity index is 2.26. The fourth-order valence-corrected chi connectivity index (χ4v) is 2.74. The molecule has 0 saturated carbocycles. The van der Waals surface area contributed by atoms with Gasteiger partial charge in [0.15, 0.2) is 5.69 Å². The number of hydrogen-bond acceptors (Lipinski definition) is 3. The molecule has 0 atom stereocenters. The van der Waals surface area contributed by atoms with E-state index in [0.717, 1.165) is 41.1 Å². The first-order chi connectivity index (χ1) is 13.1. The maximum atomic E-state index is 14.4. The van der Waals surface area contributed by atoms with Gasteiger partial charge in [-0.15, -0.1) is 0 Å². The Labute approximate surface area is 155 Å². The fraction of sp³-hybridized carbons (Fsp3) is 0.105. The third-order valence-corrected chi connectivity index (χ3v) is 4.05. The van der Waals surface area contributed by atoms with Crippen molar-refractivity contribution in [2.24, 2.45) is 7.05 Å². The molecule has 3 rings (SSSR count). The van der Waals surface area contributed by atoms with Gasteiger partial charge in [0, 0.05) is 24.4 Å². The number of carboxylic acids is 1. The van der Waals surface area contributed by atoms with E-state index in [1.165, 1.54) is 19.2 Å². The number of aromatic carboxylic acids is 1. The highest BCUT2D eigenvalue weighted by molar-refractivity contribution is 5.86. The second-order valence-electron chi connectivity index (χ2n) is 5.93. The molecule has 1 N–H and O–H groups in total. The van der Waals surface area contributed by atoms with Crippen molar-refractivity contribution in [2.45, 2.75) is 6.18 Å². The normalized spacial score (nSPS) is 11.5. The van der Waals surface area contributed by atoms with Gasteiger partial charge in [0.05, 0.1) is 5.56 Å².